The summed E-state index contributed by atoms with van der Waals surface area (Å²) in [4.78, 5) is 18.0. The van der Waals surface area contributed by atoms with Crippen molar-refractivity contribution < 1.29 is 13.7 Å². The molecule has 21 heavy (non-hydrogen) atoms. The van der Waals surface area contributed by atoms with Gasteiger partial charge in [-0.1, -0.05) is 18.1 Å². The first-order chi connectivity index (χ1) is 10.1. The summed E-state index contributed by atoms with van der Waals surface area (Å²) >= 11 is 0. The van der Waals surface area contributed by atoms with Crippen LogP contribution >= 0.6 is 0 Å². The fraction of sp³-hybridized carbons (Fsp3) is 0.400. The summed E-state index contributed by atoms with van der Waals surface area (Å²) in [7, 11) is 0. The zero-order valence-electron chi connectivity index (χ0n) is 12.0. The minimum absolute atomic E-state index is 0.0560. The lowest BCUT2D eigenvalue weighted by Crippen LogP contribution is -2.24. The Labute approximate surface area is 121 Å². The normalized spacial score (nSPS) is 18.5. The number of hydrogen-bond acceptors (Lipinski definition) is 4. The van der Waals surface area contributed by atoms with Crippen LogP contribution in [0.4, 0.5) is 10.1 Å². The monoisotopic (exact) mass is 289 g/mol. The van der Waals surface area contributed by atoms with Gasteiger partial charge in [-0.25, -0.2) is 4.39 Å². The highest BCUT2D eigenvalue weighted by Crippen LogP contribution is 2.31. The minimum Gasteiger partial charge on any atom is -0.339 e. The Morgan fingerprint density at radius 3 is 2.95 bits per heavy atom. The standard InChI is InChI=1S/C15H16FN3O2/c1-3-13-17-15(21-18-13)10-6-14(20)19(8-10)11-5-4-9(2)12(16)7-11/h4-5,7,10H,3,6,8H2,1-2H3. The number of benzene rings is 1. The molecular weight excluding hydrogens is 273 g/mol. The summed E-state index contributed by atoms with van der Waals surface area (Å²) in [5.74, 6) is 0.622. The van der Waals surface area contributed by atoms with Crippen LogP contribution in [-0.4, -0.2) is 22.6 Å². The van der Waals surface area contributed by atoms with E-state index in [9.17, 15) is 9.18 Å². The zero-order valence-corrected chi connectivity index (χ0v) is 12.0. The highest BCUT2D eigenvalue weighted by atomic mass is 19.1. The second-order valence-corrected chi connectivity index (χ2v) is 5.24. The van der Waals surface area contributed by atoms with Crippen molar-refractivity contribution in [3.8, 4) is 0 Å². The van der Waals surface area contributed by atoms with Crippen LogP contribution < -0.4 is 4.90 Å². The summed E-state index contributed by atoms with van der Waals surface area (Å²) in [5.41, 5.74) is 1.13. The first-order valence-corrected chi connectivity index (χ1v) is 6.97. The van der Waals surface area contributed by atoms with E-state index in [1.807, 2.05) is 6.92 Å². The SMILES string of the molecule is CCc1noc(C2CC(=O)N(c3ccc(C)c(F)c3)C2)n1. The molecule has 1 aromatic carbocycles. The lowest BCUT2D eigenvalue weighted by atomic mass is 10.1. The summed E-state index contributed by atoms with van der Waals surface area (Å²) in [6, 6.07) is 4.82. The van der Waals surface area contributed by atoms with Crippen molar-refractivity contribution in [2.45, 2.75) is 32.6 Å². The zero-order chi connectivity index (χ0) is 15.0. The van der Waals surface area contributed by atoms with E-state index in [0.717, 1.165) is 0 Å². The van der Waals surface area contributed by atoms with Crippen molar-refractivity contribution in [3.05, 3.63) is 41.3 Å². The molecular formula is C15H16FN3O2. The molecule has 1 fully saturated rings. The second-order valence-electron chi connectivity index (χ2n) is 5.24. The van der Waals surface area contributed by atoms with Gasteiger partial charge >= 0.3 is 0 Å². The molecule has 6 heteroatoms. The molecule has 0 N–H and O–H groups in total. The number of hydrogen-bond donors (Lipinski definition) is 0. The molecule has 1 amide bonds. The van der Waals surface area contributed by atoms with E-state index in [-0.39, 0.29) is 17.6 Å². The second kappa shape index (κ2) is 5.27. The third kappa shape index (κ3) is 2.53. The van der Waals surface area contributed by atoms with Crippen LogP contribution in [0.25, 0.3) is 0 Å². The van der Waals surface area contributed by atoms with Crippen LogP contribution in [0.15, 0.2) is 22.7 Å². The Hall–Kier alpha value is -2.24. The average molecular weight is 289 g/mol. The molecule has 1 atom stereocenters. The van der Waals surface area contributed by atoms with E-state index in [4.69, 9.17) is 4.52 Å². The van der Waals surface area contributed by atoms with Crippen LogP contribution in [0.2, 0.25) is 0 Å². The lowest BCUT2D eigenvalue weighted by molar-refractivity contribution is -0.117. The number of amides is 1. The smallest absolute Gasteiger partial charge is 0.232 e. The Balaban J connectivity index is 1.82. The molecule has 1 aliphatic heterocycles. The quantitative estimate of drug-likeness (QED) is 0.871. The number of halogens is 1. The summed E-state index contributed by atoms with van der Waals surface area (Å²) in [6.07, 6.45) is 0.998. The molecule has 0 bridgehead atoms. The molecule has 110 valence electrons. The van der Waals surface area contributed by atoms with Gasteiger partial charge in [-0.15, -0.1) is 0 Å². The van der Waals surface area contributed by atoms with Crippen LogP contribution in [-0.2, 0) is 11.2 Å². The molecule has 0 radical (unpaired) electrons. The van der Waals surface area contributed by atoms with Crippen LogP contribution in [0.1, 0.15) is 36.5 Å². The van der Waals surface area contributed by atoms with Crippen molar-refractivity contribution in [2.75, 3.05) is 11.4 Å². The lowest BCUT2D eigenvalue weighted by Gasteiger charge is -2.16. The number of carbonyl (C=O) groups is 1. The van der Waals surface area contributed by atoms with Crippen molar-refractivity contribution in [2.24, 2.45) is 0 Å². The molecule has 0 spiro atoms. The van der Waals surface area contributed by atoms with E-state index in [1.54, 1.807) is 24.0 Å². The number of anilines is 1. The Bertz CT molecular complexity index is 683. The molecule has 0 saturated carbocycles. The largest absolute Gasteiger partial charge is 0.339 e. The van der Waals surface area contributed by atoms with Gasteiger partial charge in [0.05, 0.1) is 5.92 Å². The van der Waals surface area contributed by atoms with Gasteiger partial charge in [-0.2, -0.15) is 4.98 Å². The van der Waals surface area contributed by atoms with Crippen LogP contribution in [0.5, 0.6) is 0 Å². The topological polar surface area (TPSA) is 59.2 Å². The molecule has 1 aromatic heterocycles. The molecule has 2 heterocycles. The predicted octanol–water partition coefficient (Wildman–Crippen LogP) is 2.60. The molecule has 5 nitrogen and oxygen atoms in total. The fourth-order valence-electron chi connectivity index (χ4n) is 2.45. The van der Waals surface area contributed by atoms with E-state index < -0.39 is 0 Å². The molecule has 1 unspecified atom stereocenters. The maximum absolute atomic E-state index is 13.7. The Kier molecular flexibility index (Phi) is 3.45. The first kappa shape index (κ1) is 13.7. The highest BCUT2D eigenvalue weighted by Gasteiger charge is 2.35. The minimum atomic E-state index is -0.310. The van der Waals surface area contributed by atoms with E-state index >= 15 is 0 Å². The number of aromatic nitrogens is 2. The van der Waals surface area contributed by atoms with Crippen molar-refractivity contribution in [1.29, 1.82) is 0 Å². The summed E-state index contributed by atoms with van der Waals surface area (Å²) in [5, 5.41) is 3.85. The molecule has 0 aliphatic carbocycles. The first-order valence-electron chi connectivity index (χ1n) is 6.97. The van der Waals surface area contributed by atoms with Gasteiger partial charge in [-0.3, -0.25) is 4.79 Å². The van der Waals surface area contributed by atoms with Crippen LogP contribution in [0.3, 0.4) is 0 Å². The number of nitrogens with zero attached hydrogens (tertiary/aromatic N) is 3. The maximum Gasteiger partial charge on any atom is 0.232 e. The van der Waals surface area contributed by atoms with Gasteiger partial charge in [0.2, 0.25) is 11.8 Å². The van der Waals surface area contributed by atoms with Gasteiger partial charge in [0.1, 0.15) is 5.82 Å². The van der Waals surface area contributed by atoms with Crippen LogP contribution in [0, 0.1) is 12.7 Å². The van der Waals surface area contributed by atoms with Gasteiger partial charge in [-0.05, 0) is 24.6 Å². The summed E-state index contributed by atoms with van der Waals surface area (Å²) < 4.78 is 18.9. The van der Waals surface area contributed by atoms with E-state index in [2.05, 4.69) is 10.1 Å². The Morgan fingerprint density at radius 1 is 1.48 bits per heavy atom. The van der Waals surface area contributed by atoms with E-state index in [0.29, 0.717) is 42.4 Å². The molecule has 1 saturated heterocycles. The molecule has 1 aliphatic rings. The molecule has 2 aromatic rings. The fourth-order valence-corrected chi connectivity index (χ4v) is 2.45. The maximum atomic E-state index is 13.7. The third-order valence-electron chi connectivity index (χ3n) is 3.74. The number of rotatable bonds is 3. The van der Waals surface area contributed by atoms with E-state index in [1.165, 1.54) is 6.07 Å². The number of aryl methyl sites for hydroxylation is 2. The highest BCUT2D eigenvalue weighted by molar-refractivity contribution is 5.96. The molecule has 3 rings (SSSR count). The van der Waals surface area contributed by atoms with Gasteiger partial charge in [0.25, 0.3) is 0 Å². The average Bonchev–Trinajstić information content (AvgIpc) is 3.08. The van der Waals surface area contributed by atoms with Crippen molar-refractivity contribution >= 4 is 11.6 Å². The van der Waals surface area contributed by atoms with Crippen molar-refractivity contribution in [1.82, 2.24) is 10.1 Å². The van der Waals surface area contributed by atoms with Gasteiger partial charge in [0.15, 0.2) is 5.82 Å². The Morgan fingerprint density at radius 2 is 2.29 bits per heavy atom. The van der Waals surface area contributed by atoms with Crippen molar-refractivity contribution in [3.63, 3.8) is 0 Å². The van der Waals surface area contributed by atoms with Gasteiger partial charge < -0.3 is 9.42 Å². The third-order valence-corrected chi connectivity index (χ3v) is 3.74. The summed E-state index contributed by atoms with van der Waals surface area (Å²) in [6.45, 7) is 4.07. The predicted molar refractivity (Wildman–Crippen MR) is 74.5 cm³/mol. The van der Waals surface area contributed by atoms with Gasteiger partial charge in [0, 0.05) is 25.1 Å². The number of carbonyl (C=O) groups excluding carboxylic acids is 1.